The highest BCUT2D eigenvalue weighted by atomic mass is 16.6. The molecule has 0 aromatic carbocycles. The van der Waals surface area contributed by atoms with E-state index in [1.54, 1.807) is 0 Å². The van der Waals surface area contributed by atoms with Crippen LogP contribution in [-0.4, -0.2) is 41.3 Å². The Balaban J connectivity index is 2.52. The molecule has 10 heavy (non-hydrogen) atoms. The Bertz CT molecular complexity index is 107. The maximum absolute atomic E-state index is 9.04. The molecule has 0 aromatic rings. The fourth-order valence-corrected chi connectivity index (χ4v) is 0.863. The molecule has 1 aliphatic rings. The first-order valence-corrected chi connectivity index (χ1v) is 3.12. The minimum Gasteiger partial charge on any atom is -0.386 e. The summed E-state index contributed by atoms with van der Waals surface area (Å²) in [4.78, 5) is 0. The Morgan fingerprint density at radius 2 is 1.90 bits per heavy atom. The second kappa shape index (κ2) is 2.81. The van der Waals surface area contributed by atoms with Gasteiger partial charge in [0.15, 0.2) is 6.29 Å². The van der Waals surface area contributed by atoms with Gasteiger partial charge in [0.05, 0.1) is 12.6 Å². The lowest BCUT2D eigenvalue weighted by Crippen LogP contribution is -2.60. The number of hydrogen-bond donors (Lipinski definition) is 4. The van der Waals surface area contributed by atoms with Crippen molar-refractivity contribution in [1.29, 1.82) is 0 Å². The minimum absolute atomic E-state index is 0.194. The summed E-state index contributed by atoms with van der Waals surface area (Å²) in [5.74, 6) is 0. The molecule has 0 aromatic heterocycles. The lowest BCUT2D eigenvalue weighted by molar-refractivity contribution is -0.196. The largest absolute Gasteiger partial charge is 0.386 e. The van der Waals surface area contributed by atoms with Gasteiger partial charge in [-0.3, -0.25) is 0 Å². The van der Waals surface area contributed by atoms with Crippen LogP contribution in [0.2, 0.25) is 0 Å². The topological polar surface area (TPSA) is 102 Å². The summed E-state index contributed by atoms with van der Waals surface area (Å²) in [6, 6.07) is -0.984. The Hall–Kier alpha value is -0.200. The van der Waals surface area contributed by atoms with Crippen LogP contribution in [0.15, 0.2) is 0 Å². The molecule has 1 saturated heterocycles. The molecule has 6 N–H and O–H groups in total. The molecule has 4 atom stereocenters. The molecule has 1 heterocycles. The van der Waals surface area contributed by atoms with Crippen molar-refractivity contribution in [2.45, 2.75) is 24.5 Å². The zero-order valence-electron chi connectivity index (χ0n) is 5.47. The van der Waals surface area contributed by atoms with E-state index in [1.165, 1.54) is 0 Å². The van der Waals surface area contributed by atoms with Gasteiger partial charge in [0.2, 0.25) is 0 Å². The molecule has 1 rings (SSSR count). The molecular formula is C5H12N2O3. The second-order valence-electron chi connectivity index (χ2n) is 2.46. The van der Waals surface area contributed by atoms with Crippen LogP contribution in [0, 0.1) is 0 Å². The number of ether oxygens (including phenoxy) is 1. The molecule has 1 unspecified atom stereocenters. The van der Waals surface area contributed by atoms with Gasteiger partial charge in [0.25, 0.3) is 0 Å². The van der Waals surface area contributed by atoms with E-state index in [0.717, 1.165) is 0 Å². The van der Waals surface area contributed by atoms with Crippen LogP contribution < -0.4 is 11.5 Å². The third-order valence-corrected chi connectivity index (χ3v) is 1.64. The summed E-state index contributed by atoms with van der Waals surface area (Å²) in [6.07, 6.45) is -2.25. The maximum Gasteiger partial charge on any atom is 0.182 e. The molecule has 0 bridgehead atoms. The Morgan fingerprint density at radius 3 is 2.40 bits per heavy atom. The Morgan fingerprint density at radius 1 is 1.30 bits per heavy atom. The molecule has 5 nitrogen and oxygen atoms in total. The SMILES string of the molecule is N[C@H]1[C@H](N)COC(O)[C@@H]1O. The van der Waals surface area contributed by atoms with Gasteiger partial charge in [-0.2, -0.15) is 0 Å². The van der Waals surface area contributed by atoms with Gasteiger partial charge >= 0.3 is 0 Å². The van der Waals surface area contributed by atoms with E-state index in [0.29, 0.717) is 0 Å². The summed E-state index contributed by atoms with van der Waals surface area (Å²) in [5.41, 5.74) is 10.8. The van der Waals surface area contributed by atoms with E-state index in [1.807, 2.05) is 0 Å². The molecule has 60 valence electrons. The van der Waals surface area contributed by atoms with Crippen LogP contribution in [0.1, 0.15) is 0 Å². The molecule has 0 saturated carbocycles. The predicted octanol–water partition coefficient (Wildman–Crippen LogP) is -2.65. The molecule has 1 aliphatic heterocycles. The number of rotatable bonds is 0. The quantitative estimate of drug-likeness (QED) is 0.300. The average Bonchev–Trinajstić information content (AvgIpc) is 1.93. The Labute approximate surface area is 58.6 Å². The van der Waals surface area contributed by atoms with E-state index in [9.17, 15) is 0 Å². The molecule has 0 amide bonds. The van der Waals surface area contributed by atoms with E-state index >= 15 is 0 Å². The van der Waals surface area contributed by atoms with Crippen molar-refractivity contribution in [3.8, 4) is 0 Å². The van der Waals surface area contributed by atoms with Crippen molar-refractivity contribution in [2.75, 3.05) is 6.61 Å². The maximum atomic E-state index is 9.04. The number of aliphatic hydroxyl groups excluding tert-OH is 2. The first-order chi connectivity index (χ1) is 4.63. The summed E-state index contributed by atoms with van der Waals surface area (Å²) in [6.45, 7) is 0.194. The molecule has 0 spiro atoms. The van der Waals surface area contributed by atoms with E-state index in [4.69, 9.17) is 21.7 Å². The lowest BCUT2D eigenvalue weighted by atomic mass is 10.0. The van der Waals surface area contributed by atoms with Crippen LogP contribution in [-0.2, 0) is 4.74 Å². The summed E-state index contributed by atoms with van der Waals surface area (Å²) in [7, 11) is 0. The van der Waals surface area contributed by atoms with Crippen LogP contribution >= 0.6 is 0 Å². The smallest absolute Gasteiger partial charge is 0.182 e. The van der Waals surface area contributed by atoms with E-state index in [2.05, 4.69) is 4.74 Å². The highest BCUT2D eigenvalue weighted by Gasteiger charge is 2.33. The molecule has 0 aliphatic carbocycles. The van der Waals surface area contributed by atoms with Gasteiger partial charge in [-0.1, -0.05) is 0 Å². The van der Waals surface area contributed by atoms with Crippen molar-refractivity contribution < 1.29 is 14.9 Å². The Kier molecular flexibility index (Phi) is 2.22. The summed E-state index contributed by atoms with van der Waals surface area (Å²) < 4.78 is 4.67. The summed E-state index contributed by atoms with van der Waals surface area (Å²) >= 11 is 0. The normalized spacial score (nSPS) is 49.2. The van der Waals surface area contributed by atoms with Gasteiger partial charge in [-0.15, -0.1) is 0 Å². The zero-order chi connectivity index (χ0) is 7.72. The second-order valence-corrected chi connectivity index (χ2v) is 2.46. The minimum atomic E-state index is -1.19. The number of hydrogen-bond acceptors (Lipinski definition) is 5. The zero-order valence-corrected chi connectivity index (χ0v) is 5.47. The average molecular weight is 148 g/mol. The van der Waals surface area contributed by atoms with Crippen molar-refractivity contribution in [2.24, 2.45) is 11.5 Å². The first-order valence-electron chi connectivity index (χ1n) is 3.12. The van der Waals surface area contributed by atoms with Crippen LogP contribution in [0.3, 0.4) is 0 Å². The molecular weight excluding hydrogens is 136 g/mol. The van der Waals surface area contributed by atoms with Gasteiger partial charge in [-0.25, -0.2) is 0 Å². The highest BCUT2D eigenvalue weighted by molar-refractivity contribution is 4.87. The lowest BCUT2D eigenvalue weighted by Gasteiger charge is -2.33. The monoisotopic (exact) mass is 148 g/mol. The highest BCUT2D eigenvalue weighted by Crippen LogP contribution is 2.09. The van der Waals surface area contributed by atoms with Gasteiger partial charge in [-0.05, 0) is 0 Å². The molecule has 5 heteroatoms. The van der Waals surface area contributed by atoms with Gasteiger partial charge in [0.1, 0.15) is 6.10 Å². The fourth-order valence-electron chi connectivity index (χ4n) is 0.863. The third-order valence-electron chi connectivity index (χ3n) is 1.64. The van der Waals surface area contributed by atoms with Gasteiger partial charge < -0.3 is 26.4 Å². The molecule has 1 fully saturated rings. The van der Waals surface area contributed by atoms with Crippen molar-refractivity contribution in [1.82, 2.24) is 0 Å². The van der Waals surface area contributed by atoms with E-state index < -0.39 is 24.5 Å². The standard InChI is InChI=1S/C5H12N2O3/c6-2-1-10-5(9)4(8)3(2)7/h2-5,8-9H,1,6-7H2/t2-,3+,4-,5?/m1/s1. The van der Waals surface area contributed by atoms with Crippen LogP contribution in [0.25, 0.3) is 0 Å². The first kappa shape index (κ1) is 7.90. The summed E-state index contributed by atoms with van der Waals surface area (Å²) in [5, 5.41) is 17.9. The number of nitrogens with two attached hydrogens (primary N) is 2. The van der Waals surface area contributed by atoms with E-state index in [-0.39, 0.29) is 6.61 Å². The van der Waals surface area contributed by atoms with Gasteiger partial charge in [0, 0.05) is 6.04 Å². The van der Waals surface area contributed by atoms with Crippen LogP contribution in [0.4, 0.5) is 0 Å². The number of aliphatic hydroxyl groups is 2. The van der Waals surface area contributed by atoms with Crippen LogP contribution in [0.5, 0.6) is 0 Å². The van der Waals surface area contributed by atoms with Crippen molar-refractivity contribution in [3.63, 3.8) is 0 Å². The predicted molar refractivity (Wildman–Crippen MR) is 33.9 cm³/mol. The third kappa shape index (κ3) is 1.28. The van der Waals surface area contributed by atoms with Crippen molar-refractivity contribution >= 4 is 0 Å². The van der Waals surface area contributed by atoms with Crippen molar-refractivity contribution in [3.05, 3.63) is 0 Å². The molecule has 0 radical (unpaired) electrons. The fraction of sp³-hybridized carbons (Fsp3) is 1.00.